The van der Waals surface area contributed by atoms with E-state index >= 15 is 0 Å². The normalized spacial score (nSPS) is 17.2. The fraction of sp³-hybridized carbons (Fsp3) is 0.615. The smallest absolute Gasteiger partial charge is 0.142 e. The Balaban J connectivity index is 2.05. The van der Waals surface area contributed by atoms with Crippen LogP contribution in [0.3, 0.4) is 0 Å². The second-order valence-electron chi connectivity index (χ2n) is 4.68. The van der Waals surface area contributed by atoms with Crippen LogP contribution in [-0.2, 0) is 11.3 Å². The van der Waals surface area contributed by atoms with Crippen LogP contribution in [0, 0.1) is 11.7 Å². The zero-order chi connectivity index (χ0) is 13.0. The minimum atomic E-state index is -0.405. The molecule has 0 radical (unpaired) electrons. The highest BCUT2D eigenvalue weighted by molar-refractivity contribution is 5.46. The van der Waals surface area contributed by atoms with Crippen LogP contribution in [0.25, 0.3) is 0 Å². The first-order valence-electron chi connectivity index (χ1n) is 6.23. The van der Waals surface area contributed by atoms with E-state index in [0.29, 0.717) is 17.3 Å². The Bertz CT molecular complexity index is 393. The van der Waals surface area contributed by atoms with E-state index in [1.807, 2.05) is 0 Å². The molecule has 0 saturated carbocycles. The average Bonchev–Trinajstić information content (AvgIpc) is 2.40. The van der Waals surface area contributed by atoms with Crippen molar-refractivity contribution in [1.29, 1.82) is 0 Å². The molecule has 1 aliphatic rings. The highest BCUT2D eigenvalue weighted by Crippen LogP contribution is 2.25. The first-order valence-corrected chi connectivity index (χ1v) is 6.23. The Morgan fingerprint density at radius 2 is 2.22 bits per heavy atom. The summed E-state index contributed by atoms with van der Waals surface area (Å²) < 4.78 is 18.2. The average molecular weight is 254 g/mol. The predicted octanol–water partition coefficient (Wildman–Crippen LogP) is 1.58. The van der Waals surface area contributed by atoms with Crippen LogP contribution in [0.4, 0.5) is 10.2 Å². The van der Waals surface area contributed by atoms with E-state index in [-0.39, 0.29) is 6.61 Å². The fourth-order valence-electron chi connectivity index (χ4n) is 2.42. The van der Waals surface area contributed by atoms with Gasteiger partial charge in [0.1, 0.15) is 11.6 Å². The third kappa shape index (κ3) is 2.97. The van der Waals surface area contributed by atoms with E-state index in [1.54, 1.807) is 7.11 Å². The van der Waals surface area contributed by atoms with E-state index < -0.39 is 5.82 Å². The molecule has 0 bridgehead atoms. The molecule has 0 aliphatic carbocycles. The summed E-state index contributed by atoms with van der Waals surface area (Å²) >= 11 is 0. The zero-order valence-corrected chi connectivity index (χ0v) is 10.6. The maximum atomic E-state index is 13.1. The van der Waals surface area contributed by atoms with Crippen molar-refractivity contribution in [2.45, 2.75) is 19.4 Å². The fourth-order valence-corrected chi connectivity index (χ4v) is 2.42. The maximum Gasteiger partial charge on any atom is 0.142 e. The van der Waals surface area contributed by atoms with Crippen LogP contribution >= 0.6 is 0 Å². The monoisotopic (exact) mass is 254 g/mol. The molecule has 0 aromatic carbocycles. The second-order valence-corrected chi connectivity index (χ2v) is 4.68. The highest BCUT2D eigenvalue weighted by Gasteiger charge is 2.21. The number of methoxy groups -OCH3 is 1. The number of hydrogen-bond donors (Lipinski definition) is 1. The van der Waals surface area contributed by atoms with Crippen LogP contribution in [0.15, 0.2) is 12.3 Å². The topological polar surface area (TPSA) is 45.6 Å². The van der Waals surface area contributed by atoms with Crippen LogP contribution < -0.4 is 4.90 Å². The van der Waals surface area contributed by atoms with Gasteiger partial charge in [-0.05, 0) is 24.8 Å². The molecule has 0 spiro atoms. The van der Waals surface area contributed by atoms with Gasteiger partial charge in [0.25, 0.3) is 0 Å². The van der Waals surface area contributed by atoms with Gasteiger partial charge in [-0.2, -0.15) is 0 Å². The number of anilines is 1. The lowest BCUT2D eigenvalue weighted by Crippen LogP contribution is -2.36. The third-order valence-corrected chi connectivity index (χ3v) is 3.40. The van der Waals surface area contributed by atoms with Gasteiger partial charge in [-0.15, -0.1) is 0 Å². The third-order valence-electron chi connectivity index (χ3n) is 3.40. The van der Waals surface area contributed by atoms with Crippen molar-refractivity contribution in [1.82, 2.24) is 4.98 Å². The molecule has 1 N–H and O–H groups in total. The molecule has 100 valence electrons. The Labute approximate surface area is 106 Å². The lowest BCUT2D eigenvalue weighted by atomic mass is 9.97. The number of hydrogen-bond acceptors (Lipinski definition) is 4. The molecule has 4 nitrogen and oxygen atoms in total. The standard InChI is InChI=1S/C13H19FN2O2/c1-18-9-10-2-4-16(5-3-10)13-11(8-17)6-12(14)7-15-13/h6-7,10,17H,2-5,8-9H2,1H3. The molecule has 0 amide bonds. The molecule has 1 aliphatic heterocycles. The molecule has 2 rings (SSSR count). The lowest BCUT2D eigenvalue weighted by molar-refractivity contribution is 0.139. The molecular formula is C13H19FN2O2. The summed E-state index contributed by atoms with van der Waals surface area (Å²) in [5.74, 6) is 0.885. The summed E-state index contributed by atoms with van der Waals surface area (Å²) in [5, 5.41) is 9.26. The number of pyridine rings is 1. The SMILES string of the molecule is COCC1CCN(c2ncc(F)cc2CO)CC1. The quantitative estimate of drug-likeness (QED) is 0.886. The summed E-state index contributed by atoms with van der Waals surface area (Å²) in [4.78, 5) is 6.21. The van der Waals surface area contributed by atoms with Gasteiger partial charge < -0.3 is 14.7 Å². The number of aliphatic hydroxyl groups excluding tert-OH is 1. The highest BCUT2D eigenvalue weighted by atomic mass is 19.1. The van der Waals surface area contributed by atoms with Gasteiger partial charge in [-0.25, -0.2) is 9.37 Å². The van der Waals surface area contributed by atoms with E-state index in [9.17, 15) is 9.50 Å². The molecule has 0 atom stereocenters. The van der Waals surface area contributed by atoms with Crippen molar-refractivity contribution in [2.75, 3.05) is 31.7 Å². The minimum Gasteiger partial charge on any atom is -0.392 e. The Morgan fingerprint density at radius 1 is 1.50 bits per heavy atom. The van der Waals surface area contributed by atoms with Gasteiger partial charge in [0, 0.05) is 32.4 Å². The summed E-state index contributed by atoms with van der Waals surface area (Å²) in [5.41, 5.74) is 0.556. The van der Waals surface area contributed by atoms with Gasteiger partial charge in [-0.1, -0.05) is 0 Å². The molecule has 2 heterocycles. The largest absolute Gasteiger partial charge is 0.392 e. The van der Waals surface area contributed by atoms with Gasteiger partial charge in [0.2, 0.25) is 0 Å². The molecular weight excluding hydrogens is 235 g/mol. The summed E-state index contributed by atoms with van der Waals surface area (Å²) in [7, 11) is 1.72. The van der Waals surface area contributed by atoms with E-state index in [0.717, 1.165) is 32.5 Å². The van der Waals surface area contributed by atoms with Crippen LogP contribution in [0.5, 0.6) is 0 Å². The second kappa shape index (κ2) is 6.11. The lowest BCUT2D eigenvalue weighted by Gasteiger charge is -2.33. The number of aliphatic hydroxyl groups is 1. The molecule has 18 heavy (non-hydrogen) atoms. The van der Waals surface area contributed by atoms with Crippen LogP contribution in [-0.4, -0.2) is 36.9 Å². The van der Waals surface area contributed by atoms with Gasteiger partial charge in [-0.3, -0.25) is 0 Å². The van der Waals surface area contributed by atoms with Crippen molar-refractivity contribution in [3.05, 3.63) is 23.6 Å². The van der Waals surface area contributed by atoms with E-state index in [1.165, 1.54) is 12.3 Å². The number of halogens is 1. The molecule has 0 unspecified atom stereocenters. The molecule has 1 saturated heterocycles. The van der Waals surface area contributed by atoms with Crippen molar-refractivity contribution in [3.63, 3.8) is 0 Å². The summed E-state index contributed by atoms with van der Waals surface area (Å²) in [6, 6.07) is 1.35. The predicted molar refractivity (Wildman–Crippen MR) is 66.9 cm³/mol. The molecule has 1 fully saturated rings. The maximum absolute atomic E-state index is 13.1. The number of rotatable bonds is 4. The van der Waals surface area contributed by atoms with Crippen molar-refractivity contribution in [2.24, 2.45) is 5.92 Å². The number of nitrogens with zero attached hydrogens (tertiary/aromatic N) is 2. The van der Waals surface area contributed by atoms with Crippen molar-refractivity contribution < 1.29 is 14.2 Å². The van der Waals surface area contributed by atoms with Crippen LogP contribution in [0.1, 0.15) is 18.4 Å². The van der Waals surface area contributed by atoms with Gasteiger partial charge >= 0.3 is 0 Å². The first-order chi connectivity index (χ1) is 8.74. The van der Waals surface area contributed by atoms with Crippen molar-refractivity contribution >= 4 is 5.82 Å². The summed E-state index contributed by atoms with van der Waals surface area (Å²) in [6.07, 6.45) is 3.28. The van der Waals surface area contributed by atoms with E-state index in [2.05, 4.69) is 9.88 Å². The number of piperidine rings is 1. The Kier molecular flexibility index (Phi) is 4.49. The number of aromatic nitrogens is 1. The zero-order valence-electron chi connectivity index (χ0n) is 10.6. The Hall–Kier alpha value is -1.20. The number of ether oxygens (including phenoxy) is 1. The summed E-state index contributed by atoms with van der Waals surface area (Å²) in [6.45, 7) is 2.36. The first kappa shape index (κ1) is 13.2. The van der Waals surface area contributed by atoms with Crippen molar-refractivity contribution in [3.8, 4) is 0 Å². The molecule has 1 aromatic rings. The van der Waals surface area contributed by atoms with Gasteiger partial charge in [0.15, 0.2) is 0 Å². The van der Waals surface area contributed by atoms with Gasteiger partial charge in [0.05, 0.1) is 12.8 Å². The Morgan fingerprint density at radius 3 is 2.83 bits per heavy atom. The molecule has 1 aromatic heterocycles. The molecule has 5 heteroatoms. The van der Waals surface area contributed by atoms with E-state index in [4.69, 9.17) is 4.74 Å². The van der Waals surface area contributed by atoms with Crippen LogP contribution in [0.2, 0.25) is 0 Å². The minimum absolute atomic E-state index is 0.182.